The quantitative estimate of drug-likeness (QED) is 0.456. The van der Waals surface area contributed by atoms with Gasteiger partial charge in [-0.3, -0.25) is 4.98 Å². The molecule has 5 fully saturated rings. The number of aromatic nitrogens is 1. The van der Waals surface area contributed by atoms with Crippen molar-refractivity contribution in [3.05, 3.63) is 29.0 Å². The molecule has 3 heteroatoms. The van der Waals surface area contributed by atoms with E-state index in [1.807, 2.05) is 25.4 Å². The molecule has 2 unspecified atom stereocenters. The van der Waals surface area contributed by atoms with E-state index in [4.69, 9.17) is 16.3 Å². The van der Waals surface area contributed by atoms with E-state index in [2.05, 4.69) is 25.8 Å². The second kappa shape index (κ2) is 7.45. The number of halogens is 1. The number of ether oxygens (including phenoxy) is 1. The Hall–Kier alpha value is -0.600. The summed E-state index contributed by atoms with van der Waals surface area (Å²) in [4.78, 5) is 4.55. The number of hydrogen-bond acceptors (Lipinski definition) is 2. The average Bonchev–Trinajstić information content (AvgIpc) is 3.29. The Balaban J connectivity index is 1.21. The number of nitrogens with zero attached hydrogens (tertiary/aromatic N) is 1. The highest BCUT2D eigenvalue weighted by atomic mass is 35.5. The zero-order valence-electron chi connectivity index (χ0n) is 20.6. The fourth-order valence-corrected chi connectivity index (χ4v) is 10.9. The molecule has 0 amide bonds. The summed E-state index contributed by atoms with van der Waals surface area (Å²) in [5.41, 5.74) is 2.68. The van der Waals surface area contributed by atoms with Crippen molar-refractivity contribution in [2.45, 2.75) is 91.1 Å². The SMILES string of the molecule is COC1C[C@H]2[C@@H]3CC[C@H]([C@H](C)CCc4ncccc4Cl)[C@@]3(C)CC[C@@H]2[C@@]2(C)CC[C@@H]3CC132. The van der Waals surface area contributed by atoms with Crippen LogP contribution in [0, 0.1) is 51.8 Å². The fourth-order valence-electron chi connectivity index (χ4n) is 10.7. The number of rotatable bonds is 5. The van der Waals surface area contributed by atoms with Gasteiger partial charge in [-0.15, -0.1) is 0 Å². The third kappa shape index (κ3) is 2.78. The second-order valence-corrected chi connectivity index (χ2v) is 13.3. The molecule has 5 saturated carbocycles. The summed E-state index contributed by atoms with van der Waals surface area (Å²) >= 11 is 6.41. The lowest BCUT2D eigenvalue weighted by Crippen LogP contribution is -2.57. The Bertz CT molecular complexity index is 888. The van der Waals surface area contributed by atoms with E-state index in [9.17, 15) is 0 Å². The van der Waals surface area contributed by atoms with Gasteiger partial charge in [0.05, 0.1) is 16.8 Å². The van der Waals surface area contributed by atoms with Gasteiger partial charge in [-0.2, -0.15) is 0 Å². The van der Waals surface area contributed by atoms with Gasteiger partial charge in [-0.25, -0.2) is 0 Å². The van der Waals surface area contributed by atoms with Gasteiger partial charge in [0.15, 0.2) is 0 Å². The van der Waals surface area contributed by atoms with Crippen LogP contribution in [0.3, 0.4) is 0 Å². The molecule has 32 heavy (non-hydrogen) atoms. The number of aryl methyl sites for hydroxylation is 1. The number of pyridine rings is 1. The topological polar surface area (TPSA) is 22.1 Å². The summed E-state index contributed by atoms with van der Waals surface area (Å²) < 4.78 is 6.30. The minimum absolute atomic E-state index is 0.509. The molecule has 0 N–H and O–H groups in total. The predicted molar refractivity (Wildman–Crippen MR) is 131 cm³/mol. The van der Waals surface area contributed by atoms with Crippen LogP contribution in [-0.2, 0) is 11.2 Å². The van der Waals surface area contributed by atoms with E-state index < -0.39 is 0 Å². The van der Waals surface area contributed by atoms with Gasteiger partial charge >= 0.3 is 0 Å². The Labute approximate surface area is 200 Å². The minimum Gasteiger partial charge on any atom is -0.381 e. The molecule has 1 aromatic rings. The lowest BCUT2D eigenvalue weighted by Gasteiger charge is -2.61. The van der Waals surface area contributed by atoms with Crippen molar-refractivity contribution in [3.63, 3.8) is 0 Å². The van der Waals surface area contributed by atoms with Crippen molar-refractivity contribution in [1.82, 2.24) is 4.98 Å². The molecule has 0 saturated heterocycles. The maximum absolute atomic E-state index is 6.41. The fraction of sp³-hybridized carbons (Fsp3) is 0.828. The largest absolute Gasteiger partial charge is 0.381 e. The molecule has 5 aliphatic rings. The van der Waals surface area contributed by atoms with E-state index in [0.29, 0.717) is 22.3 Å². The molecule has 0 aromatic carbocycles. The molecule has 176 valence electrons. The van der Waals surface area contributed by atoms with Gasteiger partial charge in [-0.1, -0.05) is 32.4 Å². The summed E-state index contributed by atoms with van der Waals surface area (Å²) in [6.07, 6.45) is 16.1. The monoisotopic (exact) mass is 455 g/mol. The van der Waals surface area contributed by atoms with Crippen molar-refractivity contribution >= 4 is 11.6 Å². The van der Waals surface area contributed by atoms with Crippen LogP contribution in [-0.4, -0.2) is 18.2 Å². The second-order valence-electron chi connectivity index (χ2n) is 12.9. The zero-order valence-corrected chi connectivity index (χ0v) is 21.3. The maximum atomic E-state index is 6.41. The smallest absolute Gasteiger partial charge is 0.0638 e. The Morgan fingerprint density at radius 3 is 2.75 bits per heavy atom. The first kappa shape index (κ1) is 21.9. The van der Waals surface area contributed by atoms with Crippen LogP contribution in [0.15, 0.2) is 18.3 Å². The van der Waals surface area contributed by atoms with Gasteiger partial charge in [0, 0.05) is 18.7 Å². The number of hydrogen-bond donors (Lipinski definition) is 0. The van der Waals surface area contributed by atoms with Crippen molar-refractivity contribution in [2.24, 2.45) is 51.8 Å². The molecule has 2 nitrogen and oxygen atoms in total. The highest BCUT2D eigenvalue weighted by Gasteiger charge is 2.77. The first-order valence-electron chi connectivity index (χ1n) is 13.5. The third-order valence-corrected chi connectivity index (χ3v) is 12.6. The molecule has 0 bridgehead atoms. The molecular formula is C29H42ClNO. The summed E-state index contributed by atoms with van der Waals surface area (Å²) in [7, 11) is 2.01. The van der Waals surface area contributed by atoms with E-state index in [0.717, 1.165) is 52.6 Å². The molecule has 1 heterocycles. The van der Waals surface area contributed by atoms with E-state index in [1.165, 1.54) is 57.8 Å². The van der Waals surface area contributed by atoms with E-state index in [1.54, 1.807) is 0 Å². The van der Waals surface area contributed by atoms with Crippen LogP contribution in [0.5, 0.6) is 0 Å². The summed E-state index contributed by atoms with van der Waals surface area (Å²) in [6.45, 7) is 7.89. The van der Waals surface area contributed by atoms with Gasteiger partial charge in [0.25, 0.3) is 0 Å². The lowest BCUT2D eigenvalue weighted by molar-refractivity contribution is -0.161. The first-order chi connectivity index (χ1) is 15.3. The average molecular weight is 456 g/mol. The van der Waals surface area contributed by atoms with Crippen LogP contribution in [0.2, 0.25) is 5.02 Å². The summed E-state index contributed by atoms with van der Waals surface area (Å²) in [5, 5.41) is 0.834. The maximum Gasteiger partial charge on any atom is 0.0638 e. The summed E-state index contributed by atoms with van der Waals surface area (Å²) in [5.74, 6) is 5.29. The first-order valence-corrected chi connectivity index (χ1v) is 13.8. The predicted octanol–water partition coefficient (Wildman–Crippen LogP) is 7.59. The molecule has 5 aliphatic carbocycles. The third-order valence-electron chi connectivity index (χ3n) is 12.3. The van der Waals surface area contributed by atoms with Crippen molar-refractivity contribution in [1.29, 1.82) is 0 Å². The highest BCUT2D eigenvalue weighted by Crippen LogP contribution is 2.82. The van der Waals surface area contributed by atoms with Crippen LogP contribution >= 0.6 is 11.6 Å². The van der Waals surface area contributed by atoms with Crippen LogP contribution < -0.4 is 0 Å². The van der Waals surface area contributed by atoms with Crippen LogP contribution in [0.4, 0.5) is 0 Å². The molecule has 1 aromatic heterocycles. The number of methoxy groups -OCH3 is 1. The lowest BCUT2D eigenvalue weighted by atomic mass is 9.45. The van der Waals surface area contributed by atoms with Gasteiger partial charge in [0.1, 0.15) is 0 Å². The highest BCUT2D eigenvalue weighted by molar-refractivity contribution is 6.31. The Morgan fingerprint density at radius 1 is 1.16 bits per heavy atom. The van der Waals surface area contributed by atoms with Crippen molar-refractivity contribution in [2.75, 3.05) is 7.11 Å². The molecule has 10 atom stereocenters. The molecule has 6 rings (SSSR count). The molecule has 0 radical (unpaired) electrons. The van der Waals surface area contributed by atoms with E-state index >= 15 is 0 Å². The minimum atomic E-state index is 0.509. The van der Waals surface area contributed by atoms with Crippen molar-refractivity contribution in [3.8, 4) is 0 Å². The molecular weight excluding hydrogens is 414 g/mol. The van der Waals surface area contributed by atoms with Crippen LogP contribution in [0.1, 0.15) is 84.3 Å². The van der Waals surface area contributed by atoms with Gasteiger partial charge < -0.3 is 4.74 Å². The zero-order chi connectivity index (χ0) is 22.3. The number of fused-ring (bicyclic) bond motifs is 4. The normalized spacial score (nSPS) is 49.7. The Morgan fingerprint density at radius 2 is 2.00 bits per heavy atom. The van der Waals surface area contributed by atoms with Crippen LogP contribution in [0.25, 0.3) is 0 Å². The van der Waals surface area contributed by atoms with E-state index in [-0.39, 0.29) is 0 Å². The van der Waals surface area contributed by atoms with Gasteiger partial charge in [0.2, 0.25) is 0 Å². The molecule has 1 spiro atoms. The summed E-state index contributed by atoms with van der Waals surface area (Å²) in [6, 6.07) is 3.92. The Kier molecular flexibility index (Phi) is 5.10. The van der Waals surface area contributed by atoms with Gasteiger partial charge in [-0.05, 0) is 123 Å². The molecule has 0 aliphatic heterocycles. The van der Waals surface area contributed by atoms with Crippen molar-refractivity contribution < 1.29 is 4.74 Å². The standard InChI is InChI=1S/C29H42ClNO/c1-18(7-10-25-24(30)6-5-15-31-25)21-8-9-22-20-16-26(32-4)29-17-19(29)11-14-28(29,3)23(20)12-13-27(21,22)2/h5-6,15,18-23,26H,7-14,16-17H2,1-4H3/t18-,19-,20+,21-,22+,23+,26?,27-,28-,29?/m1/s1.